The van der Waals surface area contributed by atoms with Crippen LogP contribution in [0.2, 0.25) is 0 Å². The first kappa shape index (κ1) is 13.1. The van der Waals surface area contributed by atoms with Crippen LogP contribution in [0.4, 0.5) is 0 Å². The predicted octanol–water partition coefficient (Wildman–Crippen LogP) is 2.27. The first-order valence-electron chi connectivity index (χ1n) is 6.14. The zero-order valence-corrected chi connectivity index (χ0v) is 12.9. The summed E-state index contributed by atoms with van der Waals surface area (Å²) in [7, 11) is -3.47. The van der Waals surface area contributed by atoms with Gasteiger partial charge in [0, 0.05) is 23.3 Å². The second-order valence-electron chi connectivity index (χ2n) is 4.78. The van der Waals surface area contributed by atoms with Crippen molar-refractivity contribution in [1.82, 2.24) is 13.7 Å². The van der Waals surface area contributed by atoms with Gasteiger partial charge in [-0.15, -0.1) is 0 Å². The van der Waals surface area contributed by atoms with Gasteiger partial charge < -0.3 is 0 Å². The Morgan fingerprint density at radius 2 is 2.21 bits per heavy atom. The highest BCUT2D eigenvalue weighted by Crippen LogP contribution is 2.26. The van der Waals surface area contributed by atoms with Crippen LogP contribution in [-0.2, 0) is 10.0 Å². The molecule has 2 aromatic heterocycles. The second kappa shape index (κ2) is 4.57. The molecule has 1 aliphatic heterocycles. The van der Waals surface area contributed by atoms with Gasteiger partial charge in [0.25, 0.3) is 10.0 Å². The van der Waals surface area contributed by atoms with Crippen LogP contribution in [0.3, 0.4) is 0 Å². The second-order valence-corrected chi connectivity index (χ2v) is 7.53. The predicted molar refractivity (Wildman–Crippen MR) is 75.5 cm³/mol. The molecular formula is C12H14BrN3O2S. The minimum Gasteiger partial charge on any atom is -0.288 e. The van der Waals surface area contributed by atoms with Gasteiger partial charge in [-0.2, -0.15) is 4.31 Å². The maximum absolute atomic E-state index is 12.7. The Kier molecular flexibility index (Phi) is 3.15. The van der Waals surface area contributed by atoms with E-state index in [2.05, 4.69) is 20.9 Å². The molecule has 3 heterocycles. The fourth-order valence-electron chi connectivity index (χ4n) is 2.51. The van der Waals surface area contributed by atoms with Crippen molar-refractivity contribution in [2.45, 2.75) is 30.8 Å². The Bertz CT molecular complexity index is 726. The number of hydrogen-bond acceptors (Lipinski definition) is 3. The molecule has 7 heteroatoms. The van der Waals surface area contributed by atoms with Gasteiger partial charge in [-0.1, -0.05) is 0 Å². The Morgan fingerprint density at radius 3 is 2.89 bits per heavy atom. The highest BCUT2D eigenvalue weighted by Gasteiger charge is 2.34. The molecule has 0 unspecified atom stereocenters. The zero-order valence-electron chi connectivity index (χ0n) is 10.5. The van der Waals surface area contributed by atoms with Crippen LogP contribution < -0.4 is 0 Å². The van der Waals surface area contributed by atoms with E-state index in [1.807, 2.05) is 13.0 Å². The minimum atomic E-state index is -3.47. The van der Waals surface area contributed by atoms with Crippen molar-refractivity contribution in [3.05, 3.63) is 29.0 Å². The van der Waals surface area contributed by atoms with Crippen molar-refractivity contribution in [2.75, 3.05) is 6.54 Å². The maximum Gasteiger partial charge on any atom is 0.260 e. The van der Waals surface area contributed by atoms with Crippen molar-refractivity contribution in [1.29, 1.82) is 0 Å². The lowest BCUT2D eigenvalue weighted by atomic mass is 10.3. The molecule has 0 aliphatic carbocycles. The highest BCUT2D eigenvalue weighted by molar-refractivity contribution is 9.10. The summed E-state index contributed by atoms with van der Waals surface area (Å²) < 4.78 is 29.4. The molecule has 1 atom stereocenters. The van der Waals surface area contributed by atoms with E-state index in [-0.39, 0.29) is 11.1 Å². The van der Waals surface area contributed by atoms with Crippen LogP contribution in [-0.4, -0.2) is 34.7 Å². The van der Waals surface area contributed by atoms with Gasteiger partial charge in [0.05, 0.1) is 6.20 Å². The number of nitrogens with zero attached hydrogens (tertiary/aromatic N) is 3. The van der Waals surface area contributed by atoms with Crippen molar-refractivity contribution in [3.63, 3.8) is 0 Å². The van der Waals surface area contributed by atoms with Crippen LogP contribution in [0.5, 0.6) is 0 Å². The Labute approximate surface area is 120 Å². The van der Waals surface area contributed by atoms with Gasteiger partial charge in [-0.05, 0) is 47.8 Å². The molecule has 19 heavy (non-hydrogen) atoms. The summed E-state index contributed by atoms with van der Waals surface area (Å²) in [5.41, 5.74) is 0.633. The van der Waals surface area contributed by atoms with Gasteiger partial charge >= 0.3 is 0 Å². The molecule has 0 radical (unpaired) electrons. The van der Waals surface area contributed by atoms with Gasteiger partial charge in [-0.3, -0.25) is 4.40 Å². The molecular weight excluding hydrogens is 330 g/mol. The number of imidazole rings is 1. The first-order chi connectivity index (χ1) is 9.00. The van der Waals surface area contributed by atoms with Gasteiger partial charge in [0.15, 0.2) is 5.03 Å². The van der Waals surface area contributed by atoms with E-state index in [1.54, 1.807) is 21.0 Å². The van der Waals surface area contributed by atoms with Gasteiger partial charge in [0.2, 0.25) is 0 Å². The maximum atomic E-state index is 12.7. The average Bonchev–Trinajstić information content (AvgIpc) is 2.94. The summed E-state index contributed by atoms with van der Waals surface area (Å²) in [4.78, 5) is 4.16. The van der Waals surface area contributed by atoms with Crippen molar-refractivity contribution in [2.24, 2.45) is 0 Å². The standard InChI is InChI=1S/C12H14BrN3O2S/c1-9-3-2-6-16(9)19(17,18)12-7-14-11-5-4-10(13)8-15(11)12/h4-5,7-9H,2-3,6H2,1H3/t9-/m0/s1. The van der Waals surface area contributed by atoms with Crippen LogP contribution in [0.1, 0.15) is 19.8 Å². The Morgan fingerprint density at radius 1 is 1.42 bits per heavy atom. The zero-order chi connectivity index (χ0) is 13.6. The van der Waals surface area contributed by atoms with E-state index in [0.717, 1.165) is 17.3 Å². The molecule has 5 nitrogen and oxygen atoms in total. The number of pyridine rings is 1. The van der Waals surface area contributed by atoms with E-state index >= 15 is 0 Å². The minimum absolute atomic E-state index is 0.0581. The first-order valence-corrected chi connectivity index (χ1v) is 8.38. The van der Waals surface area contributed by atoms with E-state index in [1.165, 1.54) is 6.20 Å². The topological polar surface area (TPSA) is 54.7 Å². The smallest absolute Gasteiger partial charge is 0.260 e. The molecule has 3 rings (SSSR count). The largest absolute Gasteiger partial charge is 0.288 e. The summed E-state index contributed by atoms with van der Waals surface area (Å²) in [5.74, 6) is 0. The molecule has 0 N–H and O–H groups in total. The molecule has 1 fully saturated rings. The van der Waals surface area contributed by atoms with E-state index in [0.29, 0.717) is 12.2 Å². The Hall–Kier alpha value is -0.920. The van der Waals surface area contributed by atoms with Crippen LogP contribution in [0.15, 0.2) is 34.0 Å². The molecule has 2 aromatic rings. The van der Waals surface area contributed by atoms with Crippen molar-refractivity contribution >= 4 is 31.6 Å². The molecule has 0 bridgehead atoms. The molecule has 0 aromatic carbocycles. The Balaban J connectivity index is 2.16. The SMILES string of the molecule is C[C@H]1CCCN1S(=O)(=O)c1cnc2ccc(Br)cn12. The van der Waals surface area contributed by atoms with E-state index < -0.39 is 10.0 Å². The molecule has 102 valence electrons. The third-order valence-corrected chi connectivity index (χ3v) is 5.96. The molecule has 0 amide bonds. The summed E-state index contributed by atoms with van der Waals surface area (Å²) in [6.07, 6.45) is 5.00. The quantitative estimate of drug-likeness (QED) is 0.840. The summed E-state index contributed by atoms with van der Waals surface area (Å²) in [6, 6.07) is 3.69. The van der Waals surface area contributed by atoms with Gasteiger partial charge in [0.1, 0.15) is 5.65 Å². The summed E-state index contributed by atoms with van der Waals surface area (Å²) >= 11 is 3.36. The molecule has 0 spiro atoms. The fraction of sp³-hybridized carbons (Fsp3) is 0.417. The highest BCUT2D eigenvalue weighted by atomic mass is 79.9. The molecule has 0 saturated carbocycles. The van der Waals surface area contributed by atoms with Crippen LogP contribution >= 0.6 is 15.9 Å². The molecule has 1 aliphatic rings. The van der Waals surface area contributed by atoms with Gasteiger partial charge in [-0.25, -0.2) is 13.4 Å². The molecule has 1 saturated heterocycles. The lowest BCUT2D eigenvalue weighted by Gasteiger charge is -2.20. The number of rotatable bonds is 2. The normalized spacial score (nSPS) is 21.3. The lowest BCUT2D eigenvalue weighted by molar-refractivity contribution is 0.406. The van der Waals surface area contributed by atoms with Crippen molar-refractivity contribution in [3.8, 4) is 0 Å². The number of halogens is 1. The summed E-state index contributed by atoms with van der Waals surface area (Å²) in [6.45, 7) is 2.54. The lowest BCUT2D eigenvalue weighted by Crippen LogP contribution is -2.34. The van der Waals surface area contributed by atoms with Crippen LogP contribution in [0.25, 0.3) is 5.65 Å². The van der Waals surface area contributed by atoms with Crippen LogP contribution in [0, 0.1) is 0 Å². The van der Waals surface area contributed by atoms with E-state index in [4.69, 9.17) is 0 Å². The van der Waals surface area contributed by atoms with E-state index in [9.17, 15) is 8.42 Å². The number of sulfonamides is 1. The fourth-order valence-corrected chi connectivity index (χ4v) is 4.61. The number of fused-ring (bicyclic) bond motifs is 1. The number of hydrogen-bond donors (Lipinski definition) is 0. The summed E-state index contributed by atoms with van der Waals surface area (Å²) in [5, 5.41) is 0.234. The monoisotopic (exact) mass is 343 g/mol. The average molecular weight is 344 g/mol. The number of aromatic nitrogens is 2. The van der Waals surface area contributed by atoms with Crippen molar-refractivity contribution < 1.29 is 8.42 Å². The third kappa shape index (κ3) is 2.09. The third-order valence-electron chi connectivity index (χ3n) is 3.50.